The van der Waals surface area contributed by atoms with E-state index >= 15 is 0 Å². The number of thioether (sulfide) groups is 1. The Balaban J connectivity index is 3.29. The van der Waals surface area contributed by atoms with E-state index in [2.05, 4.69) is 0 Å². The van der Waals surface area contributed by atoms with Crippen LogP contribution < -0.4 is 0 Å². The minimum atomic E-state index is -4.49. The number of nitriles is 1. The second-order valence-corrected chi connectivity index (χ2v) is 4.59. The quantitative estimate of drug-likeness (QED) is 0.861. The molecule has 1 N–H and O–H groups in total. The second-order valence-electron chi connectivity index (χ2n) is 3.51. The lowest BCUT2D eigenvalue weighted by Gasteiger charge is -2.13. The predicted octanol–water partition coefficient (Wildman–Crippen LogP) is 3.11. The van der Waals surface area contributed by atoms with Crippen molar-refractivity contribution in [3.63, 3.8) is 0 Å². The Labute approximate surface area is 105 Å². The minimum absolute atomic E-state index is 0.00127. The summed E-state index contributed by atoms with van der Waals surface area (Å²) in [4.78, 5) is 10.5. The fraction of sp³-hybridized carbons (Fsp3) is 0.273. The number of alkyl halides is 3. The van der Waals surface area contributed by atoms with E-state index < -0.39 is 17.9 Å². The van der Waals surface area contributed by atoms with E-state index in [1.165, 1.54) is 19.1 Å². The molecule has 0 unspecified atom stereocenters. The number of aliphatic carboxylic acids is 1. The molecule has 0 amide bonds. The van der Waals surface area contributed by atoms with Gasteiger partial charge in [-0.1, -0.05) is 0 Å². The van der Waals surface area contributed by atoms with E-state index in [0.29, 0.717) is 0 Å². The number of benzene rings is 1. The van der Waals surface area contributed by atoms with Gasteiger partial charge in [0, 0.05) is 4.90 Å². The molecule has 1 aromatic rings. The Bertz CT molecular complexity index is 520. The van der Waals surface area contributed by atoms with Gasteiger partial charge in [-0.25, -0.2) is 0 Å². The molecule has 96 valence electrons. The molecule has 0 spiro atoms. The minimum Gasteiger partial charge on any atom is -0.481 e. The van der Waals surface area contributed by atoms with E-state index in [1.54, 1.807) is 6.07 Å². The molecular formula is C11H8F3NO2S. The van der Waals surface area contributed by atoms with Gasteiger partial charge < -0.3 is 5.11 Å². The van der Waals surface area contributed by atoms with Crippen LogP contribution in [0.2, 0.25) is 0 Å². The van der Waals surface area contributed by atoms with Crippen molar-refractivity contribution in [3.05, 3.63) is 28.8 Å². The third kappa shape index (κ3) is 3.96. The van der Waals surface area contributed by atoms with E-state index in [-0.39, 0.29) is 33.3 Å². The molecule has 0 fully saturated rings. The number of carboxylic acid groups (broad SMARTS) is 1. The SMILES string of the molecule is Cc1cc(C#N)cc(CC(=O)O)c1SC(F)(F)F. The Morgan fingerprint density at radius 2 is 2.11 bits per heavy atom. The number of rotatable bonds is 3. The van der Waals surface area contributed by atoms with Crippen molar-refractivity contribution < 1.29 is 23.1 Å². The molecule has 0 saturated heterocycles. The van der Waals surface area contributed by atoms with Crippen LogP contribution >= 0.6 is 11.8 Å². The first kappa shape index (κ1) is 14.4. The van der Waals surface area contributed by atoms with Gasteiger partial charge >= 0.3 is 11.5 Å². The number of carboxylic acids is 1. The molecule has 0 heterocycles. The van der Waals surface area contributed by atoms with Gasteiger partial charge in [0.05, 0.1) is 18.1 Å². The lowest BCUT2D eigenvalue weighted by atomic mass is 10.0. The highest BCUT2D eigenvalue weighted by Gasteiger charge is 2.31. The van der Waals surface area contributed by atoms with Gasteiger partial charge in [0.25, 0.3) is 0 Å². The van der Waals surface area contributed by atoms with Gasteiger partial charge in [-0.15, -0.1) is 0 Å². The lowest BCUT2D eigenvalue weighted by molar-refractivity contribution is -0.136. The highest BCUT2D eigenvalue weighted by atomic mass is 32.2. The number of halogens is 3. The summed E-state index contributed by atoms with van der Waals surface area (Å²) in [6.07, 6.45) is -0.547. The van der Waals surface area contributed by atoms with Gasteiger partial charge in [0.15, 0.2) is 0 Å². The van der Waals surface area contributed by atoms with Crippen LogP contribution in [0.25, 0.3) is 0 Å². The molecule has 0 aliphatic carbocycles. The summed E-state index contributed by atoms with van der Waals surface area (Å²) in [6, 6.07) is 4.27. The van der Waals surface area contributed by atoms with Gasteiger partial charge in [-0.05, 0) is 41.9 Å². The zero-order valence-electron chi connectivity index (χ0n) is 9.21. The molecule has 0 radical (unpaired) electrons. The third-order valence-corrected chi connectivity index (χ3v) is 3.06. The van der Waals surface area contributed by atoms with Gasteiger partial charge in [0.2, 0.25) is 0 Å². The maximum atomic E-state index is 12.4. The molecule has 1 aromatic carbocycles. The molecule has 7 heteroatoms. The molecular weight excluding hydrogens is 267 g/mol. The Morgan fingerprint density at radius 1 is 1.50 bits per heavy atom. The molecule has 3 nitrogen and oxygen atoms in total. The van der Waals surface area contributed by atoms with Gasteiger partial charge in [-0.2, -0.15) is 18.4 Å². The molecule has 0 atom stereocenters. The predicted molar refractivity (Wildman–Crippen MR) is 59.1 cm³/mol. The first-order chi connectivity index (χ1) is 8.23. The molecule has 0 bridgehead atoms. The average molecular weight is 275 g/mol. The van der Waals surface area contributed by atoms with Crippen LogP contribution in [0.15, 0.2) is 17.0 Å². The smallest absolute Gasteiger partial charge is 0.446 e. The van der Waals surface area contributed by atoms with Crippen molar-refractivity contribution in [1.82, 2.24) is 0 Å². The maximum Gasteiger partial charge on any atom is 0.446 e. The summed E-state index contributed by atoms with van der Waals surface area (Å²) >= 11 is -0.358. The number of nitrogens with zero attached hydrogens (tertiary/aromatic N) is 1. The summed E-state index contributed by atoms with van der Waals surface area (Å²) in [6.45, 7) is 1.42. The number of carbonyl (C=O) groups is 1. The monoisotopic (exact) mass is 275 g/mol. The van der Waals surface area contributed by atoms with Crippen LogP contribution in [0, 0.1) is 18.3 Å². The fourth-order valence-electron chi connectivity index (χ4n) is 1.47. The van der Waals surface area contributed by atoms with Crippen LogP contribution in [0.5, 0.6) is 0 Å². The van der Waals surface area contributed by atoms with E-state index in [0.717, 1.165) is 0 Å². The highest BCUT2D eigenvalue weighted by Crippen LogP contribution is 2.40. The van der Waals surface area contributed by atoms with Crippen molar-refractivity contribution in [2.24, 2.45) is 0 Å². The average Bonchev–Trinajstić information content (AvgIpc) is 2.20. The van der Waals surface area contributed by atoms with E-state index in [9.17, 15) is 18.0 Å². The summed E-state index contributed by atoms with van der Waals surface area (Å²) in [5.74, 6) is -1.24. The zero-order valence-corrected chi connectivity index (χ0v) is 10.0. The number of hydrogen-bond acceptors (Lipinski definition) is 3. The molecule has 18 heavy (non-hydrogen) atoms. The Kier molecular flexibility index (Phi) is 4.24. The van der Waals surface area contributed by atoms with Crippen molar-refractivity contribution in [3.8, 4) is 6.07 Å². The highest BCUT2D eigenvalue weighted by molar-refractivity contribution is 8.00. The third-order valence-electron chi connectivity index (χ3n) is 2.04. The molecule has 0 aliphatic rings. The topological polar surface area (TPSA) is 61.1 Å². The summed E-state index contributed by atoms with van der Waals surface area (Å²) in [5.41, 5.74) is -4.10. The summed E-state index contributed by atoms with van der Waals surface area (Å²) in [7, 11) is 0. The zero-order chi connectivity index (χ0) is 13.9. The van der Waals surface area contributed by atoms with Crippen molar-refractivity contribution >= 4 is 17.7 Å². The molecule has 0 aliphatic heterocycles. The van der Waals surface area contributed by atoms with E-state index in [1.807, 2.05) is 0 Å². The van der Waals surface area contributed by atoms with Gasteiger partial charge in [-0.3, -0.25) is 4.79 Å². The lowest BCUT2D eigenvalue weighted by Crippen LogP contribution is -2.07. The molecule has 1 rings (SSSR count). The van der Waals surface area contributed by atoms with Crippen molar-refractivity contribution in [1.29, 1.82) is 5.26 Å². The van der Waals surface area contributed by atoms with Crippen LogP contribution in [-0.2, 0) is 11.2 Å². The van der Waals surface area contributed by atoms with Gasteiger partial charge in [0.1, 0.15) is 0 Å². The maximum absolute atomic E-state index is 12.4. The van der Waals surface area contributed by atoms with Crippen LogP contribution in [0.1, 0.15) is 16.7 Å². The van der Waals surface area contributed by atoms with Crippen molar-refractivity contribution in [2.45, 2.75) is 23.7 Å². The van der Waals surface area contributed by atoms with Crippen LogP contribution in [0.3, 0.4) is 0 Å². The largest absolute Gasteiger partial charge is 0.481 e. The summed E-state index contributed by atoms with van der Waals surface area (Å²) in [5, 5.41) is 17.4. The first-order valence-corrected chi connectivity index (χ1v) is 5.55. The number of hydrogen-bond donors (Lipinski definition) is 1. The molecule has 0 aromatic heterocycles. The summed E-state index contributed by atoms with van der Waals surface area (Å²) < 4.78 is 37.1. The normalized spacial score (nSPS) is 11.1. The van der Waals surface area contributed by atoms with E-state index in [4.69, 9.17) is 10.4 Å². The number of aryl methyl sites for hydroxylation is 1. The second kappa shape index (κ2) is 5.31. The standard InChI is InChI=1S/C11H8F3NO2S/c1-6-2-7(5-15)3-8(4-9(16)17)10(6)18-11(12,13)14/h2-3H,4H2,1H3,(H,16,17). The first-order valence-electron chi connectivity index (χ1n) is 4.74. The molecule has 0 saturated carbocycles. The Hall–Kier alpha value is -1.68. The van der Waals surface area contributed by atoms with Crippen molar-refractivity contribution in [2.75, 3.05) is 0 Å². The van der Waals surface area contributed by atoms with Crippen LogP contribution in [-0.4, -0.2) is 16.6 Å². The fourth-order valence-corrected chi connectivity index (χ4v) is 2.18. The van der Waals surface area contributed by atoms with Crippen LogP contribution in [0.4, 0.5) is 13.2 Å². The Morgan fingerprint density at radius 3 is 2.56 bits per heavy atom.